The maximum Gasteiger partial charge on any atom is 0.0544 e. The van der Waals surface area contributed by atoms with Gasteiger partial charge in [-0.25, -0.2) is 0 Å². The Labute approximate surface area is 97.4 Å². The summed E-state index contributed by atoms with van der Waals surface area (Å²) in [5.41, 5.74) is 2.25. The van der Waals surface area contributed by atoms with Crippen molar-refractivity contribution in [2.75, 3.05) is 18.8 Å². The summed E-state index contributed by atoms with van der Waals surface area (Å²) < 4.78 is 0. The highest BCUT2D eigenvalue weighted by Crippen LogP contribution is 2.04. The number of pyridine rings is 1. The van der Waals surface area contributed by atoms with Crippen LogP contribution in [-0.4, -0.2) is 28.7 Å². The summed E-state index contributed by atoms with van der Waals surface area (Å²) in [6, 6.07) is 6.00. The van der Waals surface area contributed by atoms with E-state index < -0.39 is 0 Å². The highest BCUT2D eigenvalue weighted by molar-refractivity contribution is 7.80. The first-order chi connectivity index (χ1) is 7.26. The molecule has 2 nitrogen and oxygen atoms in total. The Bertz CT molecular complexity index is 298. The second kappa shape index (κ2) is 6.64. The van der Waals surface area contributed by atoms with E-state index in [2.05, 4.69) is 36.0 Å². The van der Waals surface area contributed by atoms with Gasteiger partial charge in [0.05, 0.1) is 5.69 Å². The monoisotopic (exact) mass is 222 g/mol. The van der Waals surface area contributed by atoms with Crippen molar-refractivity contribution in [1.29, 1.82) is 0 Å². The number of nitrogens with zero attached hydrogens (tertiary/aromatic N) is 2. The van der Waals surface area contributed by atoms with E-state index in [1.807, 2.05) is 24.4 Å². The average molecular weight is 222 g/mol. The highest BCUT2D eigenvalue weighted by Gasteiger charge is 2.05. The fourth-order valence-electron chi connectivity index (χ4n) is 1.37. The van der Waals surface area contributed by atoms with Crippen molar-refractivity contribution >= 4 is 12.6 Å². The lowest BCUT2D eigenvalue weighted by atomic mass is 10.3. The van der Waals surface area contributed by atoms with Crippen molar-refractivity contribution in [2.45, 2.75) is 13.5 Å². The van der Waals surface area contributed by atoms with Gasteiger partial charge in [-0.1, -0.05) is 25.1 Å². The van der Waals surface area contributed by atoms with Crippen LogP contribution in [-0.2, 0) is 6.54 Å². The van der Waals surface area contributed by atoms with Crippen LogP contribution >= 0.6 is 12.6 Å². The van der Waals surface area contributed by atoms with Gasteiger partial charge >= 0.3 is 0 Å². The van der Waals surface area contributed by atoms with Gasteiger partial charge in [-0.2, -0.15) is 12.6 Å². The van der Waals surface area contributed by atoms with Crippen LogP contribution in [0.5, 0.6) is 0 Å². The van der Waals surface area contributed by atoms with E-state index in [0.717, 1.165) is 36.7 Å². The van der Waals surface area contributed by atoms with Crippen molar-refractivity contribution in [3.8, 4) is 0 Å². The number of likely N-dealkylation sites (N-methyl/N-ethyl adjacent to an activating group) is 1. The summed E-state index contributed by atoms with van der Waals surface area (Å²) in [7, 11) is 0. The molecule has 82 valence electrons. The largest absolute Gasteiger partial charge is 0.294 e. The van der Waals surface area contributed by atoms with Gasteiger partial charge in [-0.3, -0.25) is 9.88 Å². The molecule has 0 radical (unpaired) electrons. The molecule has 0 bridgehead atoms. The number of thiol groups is 1. The van der Waals surface area contributed by atoms with Crippen LogP contribution in [0.2, 0.25) is 0 Å². The maximum atomic E-state index is 4.31. The Kier molecular flexibility index (Phi) is 5.43. The Morgan fingerprint density at radius 2 is 2.33 bits per heavy atom. The molecule has 0 aliphatic heterocycles. The van der Waals surface area contributed by atoms with Gasteiger partial charge in [0.2, 0.25) is 0 Å². The summed E-state index contributed by atoms with van der Waals surface area (Å²) in [6.45, 7) is 8.89. The highest BCUT2D eigenvalue weighted by atomic mass is 32.1. The van der Waals surface area contributed by atoms with E-state index in [1.165, 1.54) is 0 Å². The Morgan fingerprint density at radius 1 is 1.53 bits per heavy atom. The van der Waals surface area contributed by atoms with Crippen molar-refractivity contribution in [3.05, 3.63) is 42.2 Å². The maximum absolute atomic E-state index is 4.31. The minimum Gasteiger partial charge on any atom is -0.294 e. The van der Waals surface area contributed by atoms with Crippen molar-refractivity contribution in [1.82, 2.24) is 9.88 Å². The van der Waals surface area contributed by atoms with Crippen LogP contribution < -0.4 is 0 Å². The van der Waals surface area contributed by atoms with Gasteiger partial charge in [-0.15, -0.1) is 0 Å². The summed E-state index contributed by atoms with van der Waals surface area (Å²) in [5.74, 6) is 0.749. The first-order valence-electron chi connectivity index (χ1n) is 5.16. The first kappa shape index (κ1) is 12.3. The molecule has 0 aliphatic rings. The summed E-state index contributed by atoms with van der Waals surface area (Å²) in [6.07, 6.45) is 1.83. The van der Waals surface area contributed by atoms with Gasteiger partial charge < -0.3 is 0 Å². The van der Waals surface area contributed by atoms with Crippen LogP contribution in [0.3, 0.4) is 0 Å². The second-order valence-electron chi connectivity index (χ2n) is 3.53. The Hall–Kier alpha value is -0.800. The van der Waals surface area contributed by atoms with Gasteiger partial charge in [0, 0.05) is 25.0 Å². The Balaban J connectivity index is 2.50. The molecule has 15 heavy (non-hydrogen) atoms. The molecule has 1 aromatic heterocycles. The van der Waals surface area contributed by atoms with E-state index in [0.29, 0.717) is 0 Å². The lowest BCUT2D eigenvalue weighted by molar-refractivity contribution is 0.301. The van der Waals surface area contributed by atoms with Crippen molar-refractivity contribution < 1.29 is 0 Å². The van der Waals surface area contributed by atoms with Crippen LogP contribution in [0.15, 0.2) is 36.5 Å². The molecule has 0 aliphatic carbocycles. The molecule has 1 aromatic rings. The third-order valence-corrected chi connectivity index (χ3v) is 2.68. The summed E-state index contributed by atoms with van der Waals surface area (Å²) in [4.78, 5) is 6.62. The van der Waals surface area contributed by atoms with Gasteiger partial charge in [0.15, 0.2) is 0 Å². The molecular weight excluding hydrogens is 204 g/mol. The van der Waals surface area contributed by atoms with Gasteiger partial charge in [0.25, 0.3) is 0 Å². The molecule has 0 unspecified atom stereocenters. The van der Waals surface area contributed by atoms with Crippen LogP contribution in [0.4, 0.5) is 0 Å². The molecule has 0 N–H and O–H groups in total. The predicted molar refractivity (Wildman–Crippen MR) is 68.2 cm³/mol. The van der Waals surface area contributed by atoms with Gasteiger partial charge in [-0.05, 0) is 18.7 Å². The topological polar surface area (TPSA) is 16.1 Å². The fourth-order valence-corrected chi connectivity index (χ4v) is 1.47. The number of aromatic nitrogens is 1. The number of hydrogen-bond acceptors (Lipinski definition) is 3. The lowest BCUT2D eigenvalue weighted by Gasteiger charge is -2.20. The standard InChI is InChI=1S/C12H18N2S/c1-3-14(8-11(2)10-15)9-12-6-4-5-7-13-12/h4-7,15H,2-3,8-10H2,1H3. The minimum atomic E-state index is 0.749. The zero-order valence-electron chi connectivity index (χ0n) is 9.19. The second-order valence-corrected chi connectivity index (χ2v) is 3.85. The van der Waals surface area contributed by atoms with E-state index in [9.17, 15) is 0 Å². The molecule has 0 spiro atoms. The lowest BCUT2D eigenvalue weighted by Crippen LogP contribution is -2.25. The fraction of sp³-hybridized carbons (Fsp3) is 0.417. The summed E-state index contributed by atoms with van der Waals surface area (Å²) >= 11 is 4.21. The zero-order chi connectivity index (χ0) is 11.1. The third kappa shape index (κ3) is 4.49. The van der Waals surface area contributed by atoms with Crippen molar-refractivity contribution in [3.63, 3.8) is 0 Å². The van der Waals surface area contributed by atoms with E-state index in [4.69, 9.17) is 0 Å². The molecule has 0 aromatic carbocycles. The Morgan fingerprint density at radius 3 is 2.87 bits per heavy atom. The van der Waals surface area contributed by atoms with Crippen LogP contribution in [0.25, 0.3) is 0 Å². The molecule has 0 saturated heterocycles. The smallest absolute Gasteiger partial charge is 0.0544 e. The molecule has 0 atom stereocenters. The van der Waals surface area contributed by atoms with E-state index in [1.54, 1.807) is 0 Å². The number of hydrogen-bond donors (Lipinski definition) is 1. The van der Waals surface area contributed by atoms with Crippen molar-refractivity contribution in [2.24, 2.45) is 0 Å². The molecule has 3 heteroatoms. The van der Waals surface area contributed by atoms with Crippen LogP contribution in [0, 0.1) is 0 Å². The van der Waals surface area contributed by atoms with Crippen LogP contribution in [0.1, 0.15) is 12.6 Å². The zero-order valence-corrected chi connectivity index (χ0v) is 10.1. The SMILES string of the molecule is C=C(CS)CN(CC)Cc1ccccn1. The minimum absolute atomic E-state index is 0.749. The first-order valence-corrected chi connectivity index (χ1v) is 5.79. The molecule has 1 heterocycles. The molecule has 0 saturated carbocycles. The molecular formula is C12H18N2S. The predicted octanol–water partition coefficient (Wildman–Crippen LogP) is 2.39. The van der Waals surface area contributed by atoms with E-state index in [-0.39, 0.29) is 0 Å². The molecule has 0 fully saturated rings. The average Bonchev–Trinajstić information content (AvgIpc) is 2.29. The number of rotatable bonds is 6. The van der Waals surface area contributed by atoms with Gasteiger partial charge in [0.1, 0.15) is 0 Å². The quantitative estimate of drug-likeness (QED) is 0.587. The third-order valence-electron chi connectivity index (χ3n) is 2.23. The molecule has 0 amide bonds. The normalized spacial score (nSPS) is 10.6. The molecule has 1 rings (SSSR count). The van der Waals surface area contributed by atoms with E-state index >= 15 is 0 Å². The summed E-state index contributed by atoms with van der Waals surface area (Å²) in [5, 5.41) is 0.